The van der Waals surface area contributed by atoms with Crippen molar-refractivity contribution < 1.29 is 0 Å². The zero-order chi connectivity index (χ0) is 20.1. The SMILES string of the molecule is CC.CC.CCC/C(C)=C(\C#N)C(c1ccccc1C)c1cn[nH]c1C. The van der Waals surface area contributed by atoms with Crippen molar-refractivity contribution in [3.63, 3.8) is 0 Å². The van der Waals surface area contributed by atoms with E-state index in [9.17, 15) is 5.26 Å². The lowest BCUT2D eigenvalue weighted by Gasteiger charge is -2.20. The van der Waals surface area contributed by atoms with E-state index in [0.29, 0.717) is 0 Å². The Labute approximate surface area is 160 Å². The van der Waals surface area contributed by atoms with Crippen molar-refractivity contribution in [3.8, 4) is 6.07 Å². The van der Waals surface area contributed by atoms with Gasteiger partial charge in [-0.1, -0.05) is 70.9 Å². The van der Waals surface area contributed by atoms with E-state index in [2.05, 4.69) is 49.2 Å². The number of hydrogen-bond donors (Lipinski definition) is 1. The van der Waals surface area contributed by atoms with Gasteiger partial charge in [0.2, 0.25) is 0 Å². The lowest BCUT2D eigenvalue weighted by atomic mass is 9.81. The van der Waals surface area contributed by atoms with E-state index in [1.54, 1.807) is 0 Å². The Hall–Kier alpha value is -2.34. The molecular formula is C23H35N3. The highest BCUT2D eigenvalue weighted by Gasteiger charge is 2.25. The number of rotatable bonds is 5. The van der Waals surface area contributed by atoms with E-state index in [1.807, 2.05) is 52.9 Å². The maximum atomic E-state index is 9.80. The second-order valence-corrected chi connectivity index (χ2v) is 5.80. The summed E-state index contributed by atoms with van der Waals surface area (Å²) in [4.78, 5) is 0. The highest BCUT2D eigenvalue weighted by Crippen LogP contribution is 2.36. The zero-order valence-electron chi connectivity index (χ0n) is 17.8. The standard InChI is InChI=1S/C19H23N3.2C2H6/c1-5-8-13(2)17(11-20)19(18-12-21-22-15(18)4)16-10-7-6-9-14(16)3;2*1-2/h6-7,9-10,12,19H,5,8H2,1-4H3,(H,21,22);2*1-2H3/b17-13+;;. The number of nitrogens with one attached hydrogen (secondary N) is 1. The van der Waals surface area contributed by atoms with E-state index >= 15 is 0 Å². The van der Waals surface area contributed by atoms with Crippen LogP contribution < -0.4 is 0 Å². The van der Waals surface area contributed by atoms with Crippen LogP contribution in [0.4, 0.5) is 0 Å². The molecule has 2 rings (SSSR count). The van der Waals surface area contributed by atoms with E-state index < -0.39 is 0 Å². The van der Waals surface area contributed by atoms with Crippen LogP contribution in [0.1, 0.15) is 82.7 Å². The fourth-order valence-corrected chi connectivity index (χ4v) is 2.96. The van der Waals surface area contributed by atoms with Gasteiger partial charge < -0.3 is 0 Å². The molecule has 142 valence electrons. The first-order valence-electron chi connectivity index (χ1n) is 9.75. The van der Waals surface area contributed by atoms with Crippen LogP contribution in [-0.4, -0.2) is 10.2 Å². The number of nitriles is 1. The first-order valence-corrected chi connectivity index (χ1v) is 9.75. The minimum absolute atomic E-state index is 0.0449. The average molecular weight is 354 g/mol. The van der Waals surface area contributed by atoms with Gasteiger partial charge in [0.25, 0.3) is 0 Å². The third-order valence-electron chi connectivity index (χ3n) is 4.17. The van der Waals surface area contributed by atoms with Crippen LogP contribution in [0.5, 0.6) is 0 Å². The first-order chi connectivity index (χ1) is 12.6. The van der Waals surface area contributed by atoms with Gasteiger partial charge in [0.15, 0.2) is 0 Å². The molecule has 26 heavy (non-hydrogen) atoms. The number of hydrogen-bond acceptors (Lipinski definition) is 2. The zero-order valence-corrected chi connectivity index (χ0v) is 17.8. The van der Waals surface area contributed by atoms with Gasteiger partial charge in [0.1, 0.15) is 0 Å². The molecule has 0 aliphatic rings. The van der Waals surface area contributed by atoms with E-state index in [1.165, 1.54) is 16.7 Å². The quantitative estimate of drug-likeness (QED) is 0.597. The summed E-state index contributed by atoms with van der Waals surface area (Å²) in [6.07, 6.45) is 3.84. The minimum atomic E-state index is -0.0449. The molecule has 2 aromatic rings. The van der Waals surface area contributed by atoms with Gasteiger partial charge in [-0.05, 0) is 38.3 Å². The molecule has 0 radical (unpaired) electrons. The number of benzene rings is 1. The number of H-pyrrole nitrogens is 1. The molecule has 1 aromatic carbocycles. The second kappa shape index (κ2) is 12.9. The van der Waals surface area contributed by atoms with Crippen molar-refractivity contribution in [1.29, 1.82) is 5.26 Å². The Bertz CT molecular complexity index is 717. The molecule has 1 heterocycles. The smallest absolute Gasteiger partial charge is 0.0956 e. The molecule has 0 bridgehead atoms. The van der Waals surface area contributed by atoms with Crippen molar-refractivity contribution in [2.24, 2.45) is 0 Å². The van der Waals surface area contributed by atoms with Crippen molar-refractivity contribution in [2.45, 2.75) is 74.1 Å². The molecule has 0 spiro atoms. The summed E-state index contributed by atoms with van der Waals surface area (Å²) < 4.78 is 0. The Morgan fingerprint density at radius 2 is 1.73 bits per heavy atom. The molecule has 1 N–H and O–H groups in total. The molecule has 3 nitrogen and oxygen atoms in total. The first kappa shape index (κ1) is 23.7. The van der Waals surface area contributed by atoms with Crippen molar-refractivity contribution >= 4 is 0 Å². The summed E-state index contributed by atoms with van der Waals surface area (Å²) in [6, 6.07) is 10.8. The summed E-state index contributed by atoms with van der Waals surface area (Å²) in [5.74, 6) is -0.0449. The van der Waals surface area contributed by atoms with E-state index in [4.69, 9.17) is 0 Å². The maximum Gasteiger partial charge on any atom is 0.0956 e. The van der Waals surface area contributed by atoms with Gasteiger partial charge in [0.05, 0.1) is 12.3 Å². The molecule has 1 aromatic heterocycles. The fraction of sp³-hybridized carbons (Fsp3) is 0.478. The van der Waals surface area contributed by atoms with Crippen molar-refractivity contribution in [2.75, 3.05) is 0 Å². The molecule has 3 heteroatoms. The van der Waals surface area contributed by atoms with Crippen LogP contribution in [0.15, 0.2) is 41.6 Å². The topological polar surface area (TPSA) is 52.5 Å². The number of aromatic nitrogens is 2. The van der Waals surface area contributed by atoms with Crippen LogP contribution in [-0.2, 0) is 0 Å². The number of nitrogens with zero attached hydrogens (tertiary/aromatic N) is 2. The van der Waals surface area contributed by atoms with Gasteiger partial charge in [-0.25, -0.2) is 0 Å². The summed E-state index contributed by atoms with van der Waals surface area (Å²) >= 11 is 0. The Morgan fingerprint density at radius 1 is 1.12 bits per heavy atom. The van der Waals surface area contributed by atoms with Gasteiger partial charge in [0, 0.05) is 22.7 Å². The number of aromatic amines is 1. The summed E-state index contributed by atoms with van der Waals surface area (Å²) in [7, 11) is 0. The lowest BCUT2D eigenvalue weighted by Crippen LogP contribution is -2.08. The van der Waals surface area contributed by atoms with Crippen LogP contribution in [0, 0.1) is 25.2 Å². The molecule has 0 amide bonds. The van der Waals surface area contributed by atoms with Gasteiger partial charge >= 0.3 is 0 Å². The highest BCUT2D eigenvalue weighted by atomic mass is 15.1. The monoisotopic (exact) mass is 353 g/mol. The molecule has 0 aliphatic heterocycles. The summed E-state index contributed by atoms with van der Waals surface area (Å²) in [5.41, 5.74) is 6.50. The highest BCUT2D eigenvalue weighted by molar-refractivity contribution is 5.50. The second-order valence-electron chi connectivity index (χ2n) is 5.80. The third kappa shape index (κ3) is 5.88. The fourth-order valence-electron chi connectivity index (χ4n) is 2.96. The lowest BCUT2D eigenvalue weighted by molar-refractivity contribution is 0.858. The predicted octanol–water partition coefficient (Wildman–Crippen LogP) is 6.85. The van der Waals surface area contributed by atoms with Crippen LogP contribution >= 0.6 is 0 Å². The van der Waals surface area contributed by atoms with Gasteiger partial charge in [-0.2, -0.15) is 10.4 Å². The third-order valence-corrected chi connectivity index (χ3v) is 4.17. The number of aryl methyl sites for hydroxylation is 2. The molecule has 0 saturated carbocycles. The van der Waals surface area contributed by atoms with Crippen LogP contribution in [0.25, 0.3) is 0 Å². The Balaban J connectivity index is 0.00000146. The summed E-state index contributed by atoms with van der Waals surface area (Å²) in [5, 5.41) is 17.0. The molecular weight excluding hydrogens is 318 g/mol. The largest absolute Gasteiger partial charge is 0.283 e. The van der Waals surface area contributed by atoms with Crippen LogP contribution in [0.3, 0.4) is 0 Å². The Kier molecular flexibility index (Phi) is 11.8. The molecule has 0 aliphatic carbocycles. The van der Waals surface area contributed by atoms with Crippen molar-refractivity contribution in [3.05, 3.63) is 64.0 Å². The Morgan fingerprint density at radius 3 is 2.19 bits per heavy atom. The molecule has 0 fully saturated rings. The average Bonchev–Trinajstić information content (AvgIpc) is 3.09. The van der Waals surface area contributed by atoms with Crippen LogP contribution in [0.2, 0.25) is 0 Å². The maximum absolute atomic E-state index is 9.80. The van der Waals surface area contributed by atoms with Crippen molar-refractivity contribution in [1.82, 2.24) is 10.2 Å². The minimum Gasteiger partial charge on any atom is -0.283 e. The predicted molar refractivity (Wildman–Crippen MR) is 112 cm³/mol. The normalized spacial score (nSPS) is 11.8. The molecule has 1 atom stereocenters. The molecule has 0 saturated heterocycles. The van der Waals surface area contributed by atoms with E-state index in [0.717, 1.165) is 29.7 Å². The number of allylic oxidation sites excluding steroid dienone is 2. The molecule has 1 unspecified atom stereocenters. The van der Waals surface area contributed by atoms with Gasteiger partial charge in [-0.3, -0.25) is 5.10 Å². The van der Waals surface area contributed by atoms with E-state index in [-0.39, 0.29) is 5.92 Å². The summed E-state index contributed by atoms with van der Waals surface area (Å²) in [6.45, 7) is 16.3. The van der Waals surface area contributed by atoms with Gasteiger partial charge in [-0.15, -0.1) is 0 Å².